The van der Waals surface area contributed by atoms with Crippen molar-refractivity contribution in [3.8, 4) is 0 Å². The smallest absolute Gasteiger partial charge is 0.181 e. The summed E-state index contributed by atoms with van der Waals surface area (Å²) in [5, 5.41) is 22.3. The van der Waals surface area contributed by atoms with Crippen molar-refractivity contribution >= 4 is 9.84 Å². The Labute approximate surface area is 268 Å². The molecule has 5 heteroatoms. The number of benzene rings is 1. The van der Waals surface area contributed by atoms with Gasteiger partial charge in [-0.3, -0.25) is 0 Å². The Morgan fingerprint density at radius 3 is 2.20 bits per heavy atom. The molecule has 5 aliphatic carbocycles. The van der Waals surface area contributed by atoms with E-state index in [0.717, 1.165) is 57.8 Å². The summed E-state index contributed by atoms with van der Waals surface area (Å²) in [5.74, 6) is 2.21. The van der Waals surface area contributed by atoms with Gasteiger partial charge >= 0.3 is 0 Å². The molecule has 0 amide bonds. The molecule has 246 valence electrons. The van der Waals surface area contributed by atoms with Crippen molar-refractivity contribution in [2.75, 3.05) is 0 Å². The van der Waals surface area contributed by atoms with Crippen molar-refractivity contribution < 1.29 is 18.6 Å². The van der Waals surface area contributed by atoms with E-state index in [4.69, 9.17) is 0 Å². The molecule has 0 aliphatic heterocycles. The van der Waals surface area contributed by atoms with Crippen LogP contribution in [0, 0.1) is 45.8 Å². The maximum absolute atomic E-state index is 14.5. The molecule has 6 rings (SSSR count). The first-order valence-corrected chi connectivity index (χ1v) is 19.5. The van der Waals surface area contributed by atoms with Gasteiger partial charge in [-0.15, -0.1) is 0 Å². The van der Waals surface area contributed by atoms with Crippen molar-refractivity contribution in [3.05, 3.63) is 42.0 Å². The average molecular weight is 625 g/mol. The van der Waals surface area contributed by atoms with Gasteiger partial charge in [-0.1, -0.05) is 70.9 Å². The van der Waals surface area contributed by atoms with Crippen LogP contribution in [0.1, 0.15) is 131 Å². The highest BCUT2D eigenvalue weighted by Crippen LogP contribution is 2.68. The van der Waals surface area contributed by atoms with Gasteiger partial charge in [0.05, 0.1) is 21.3 Å². The van der Waals surface area contributed by atoms with E-state index in [-0.39, 0.29) is 22.2 Å². The predicted molar refractivity (Wildman–Crippen MR) is 179 cm³/mol. The van der Waals surface area contributed by atoms with Gasteiger partial charge < -0.3 is 10.2 Å². The van der Waals surface area contributed by atoms with Gasteiger partial charge in [0.2, 0.25) is 0 Å². The van der Waals surface area contributed by atoms with Crippen LogP contribution >= 0.6 is 0 Å². The van der Waals surface area contributed by atoms with E-state index in [1.165, 1.54) is 18.4 Å². The first kappa shape index (κ1) is 32.8. The van der Waals surface area contributed by atoms with Gasteiger partial charge in [0.1, 0.15) is 0 Å². The molecule has 9 atom stereocenters. The van der Waals surface area contributed by atoms with Crippen LogP contribution in [-0.2, 0) is 9.84 Å². The quantitative estimate of drug-likeness (QED) is 0.297. The van der Waals surface area contributed by atoms with Crippen LogP contribution in [0.5, 0.6) is 0 Å². The highest BCUT2D eigenvalue weighted by Gasteiger charge is 2.61. The predicted octanol–water partition coefficient (Wildman–Crippen LogP) is 8.91. The van der Waals surface area contributed by atoms with Crippen LogP contribution in [-0.4, -0.2) is 35.1 Å². The van der Waals surface area contributed by atoms with Crippen LogP contribution in [0.25, 0.3) is 0 Å². The highest BCUT2D eigenvalue weighted by molar-refractivity contribution is 7.92. The largest absolute Gasteiger partial charge is 0.390 e. The fourth-order valence-corrected chi connectivity index (χ4v) is 13.8. The molecule has 1 aromatic carbocycles. The third-order valence-corrected chi connectivity index (χ3v) is 17.3. The number of fused-ring (bicyclic) bond motifs is 5. The zero-order valence-electron chi connectivity index (χ0n) is 28.4. The fourth-order valence-electron chi connectivity index (χ4n) is 11.6. The molecule has 0 radical (unpaired) electrons. The molecular formula is C39H60O4S. The first-order valence-electron chi connectivity index (χ1n) is 18.0. The molecule has 4 nitrogen and oxygen atoms in total. The van der Waals surface area contributed by atoms with Crippen molar-refractivity contribution in [2.24, 2.45) is 45.8 Å². The van der Waals surface area contributed by atoms with Crippen LogP contribution in [0.2, 0.25) is 0 Å². The second kappa shape index (κ2) is 11.2. The topological polar surface area (TPSA) is 74.6 Å². The van der Waals surface area contributed by atoms with Gasteiger partial charge in [-0.25, -0.2) is 8.42 Å². The number of allylic oxidation sites excluding steroid dienone is 1. The summed E-state index contributed by atoms with van der Waals surface area (Å²) in [7, 11) is -3.63. The summed E-state index contributed by atoms with van der Waals surface area (Å²) >= 11 is 0. The summed E-state index contributed by atoms with van der Waals surface area (Å²) in [6.45, 7) is 13.8. The number of rotatable bonds is 7. The van der Waals surface area contributed by atoms with E-state index in [9.17, 15) is 18.6 Å². The van der Waals surface area contributed by atoms with E-state index in [2.05, 4.69) is 40.7 Å². The molecule has 0 saturated heterocycles. The van der Waals surface area contributed by atoms with E-state index in [0.29, 0.717) is 47.8 Å². The van der Waals surface area contributed by atoms with E-state index in [1.807, 2.05) is 25.1 Å². The van der Waals surface area contributed by atoms with Crippen LogP contribution in [0.4, 0.5) is 0 Å². The summed E-state index contributed by atoms with van der Waals surface area (Å²) in [4.78, 5) is 0.407. The van der Waals surface area contributed by atoms with Gasteiger partial charge in [0.25, 0.3) is 0 Å². The molecule has 1 aromatic rings. The molecule has 0 aromatic heterocycles. The number of hydrogen-bond donors (Lipinski definition) is 2. The number of aliphatic hydroxyl groups is 2. The molecule has 4 fully saturated rings. The molecule has 0 bridgehead atoms. The van der Waals surface area contributed by atoms with Crippen molar-refractivity contribution in [1.29, 1.82) is 0 Å². The Bertz CT molecular complexity index is 1340. The molecular weight excluding hydrogens is 564 g/mol. The second-order valence-electron chi connectivity index (χ2n) is 17.5. The Balaban J connectivity index is 1.29. The summed E-state index contributed by atoms with van der Waals surface area (Å²) in [6.07, 6.45) is 15.8. The third kappa shape index (κ3) is 5.47. The van der Waals surface area contributed by atoms with Gasteiger partial charge in [-0.2, -0.15) is 0 Å². The maximum atomic E-state index is 14.5. The van der Waals surface area contributed by atoms with Crippen LogP contribution in [0.15, 0.2) is 46.9 Å². The van der Waals surface area contributed by atoms with Crippen molar-refractivity contribution in [2.45, 2.75) is 153 Å². The maximum Gasteiger partial charge on any atom is 0.181 e. The summed E-state index contributed by atoms with van der Waals surface area (Å²) < 4.78 is 29.1. The minimum absolute atomic E-state index is 0.0228. The standard InChI is InChI=1S/C39H60O4S/c1-7-35(3)19-23-39(41,24-20-35)26-34(44(42,43)29-11-9-8-10-12-29)27(2)31-15-16-32-30-14-13-28-25-36(4,40)21-22-37(28,5)33(30)17-18-38(31,32)6/h8-13,27,30-34,40-41H,7,14-26H2,1-6H3/t27-,30-,31+,32-,33-,34?,35?,36-,37-,38+,39?/m0/s1. The molecule has 5 aliphatic rings. The average Bonchev–Trinajstić information content (AvgIpc) is 3.35. The lowest BCUT2D eigenvalue weighted by Gasteiger charge is -2.59. The van der Waals surface area contributed by atoms with E-state index in [1.54, 1.807) is 12.1 Å². The summed E-state index contributed by atoms with van der Waals surface area (Å²) in [5.41, 5.74) is 0.542. The minimum atomic E-state index is -3.63. The monoisotopic (exact) mass is 624 g/mol. The number of sulfone groups is 1. The Hall–Kier alpha value is -1.17. The van der Waals surface area contributed by atoms with Crippen LogP contribution < -0.4 is 0 Å². The highest BCUT2D eigenvalue weighted by atomic mass is 32.2. The summed E-state index contributed by atoms with van der Waals surface area (Å²) in [6, 6.07) is 9.07. The van der Waals surface area contributed by atoms with Gasteiger partial charge in [-0.05, 0) is 148 Å². The Morgan fingerprint density at radius 2 is 1.55 bits per heavy atom. The SMILES string of the molecule is CCC1(C)CCC(O)(CC([C@@H](C)[C@H]2CC[C@H]3[C@@H]4CC=C5C[C@@](C)(O)CC[C@]5(C)[C@H]4CC[C@]23C)S(=O)(=O)c2ccccc2)CC1. The van der Waals surface area contributed by atoms with E-state index >= 15 is 0 Å². The Morgan fingerprint density at radius 1 is 0.864 bits per heavy atom. The molecule has 1 unspecified atom stereocenters. The number of hydrogen-bond acceptors (Lipinski definition) is 4. The fraction of sp³-hybridized carbons (Fsp3) is 0.795. The van der Waals surface area contributed by atoms with Crippen molar-refractivity contribution in [3.63, 3.8) is 0 Å². The second-order valence-corrected chi connectivity index (χ2v) is 19.7. The molecule has 0 spiro atoms. The lowest BCUT2D eigenvalue weighted by atomic mass is 9.46. The van der Waals surface area contributed by atoms with Crippen LogP contribution in [0.3, 0.4) is 0 Å². The zero-order valence-corrected chi connectivity index (χ0v) is 29.3. The first-order chi connectivity index (χ1) is 20.6. The lowest BCUT2D eigenvalue weighted by Crippen LogP contribution is -2.53. The van der Waals surface area contributed by atoms with Gasteiger partial charge in [0.15, 0.2) is 9.84 Å². The third-order valence-electron chi connectivity index (χ3n) is 15.0. The normalized spacial score (nSPS) is 45.4. The van der Waals surface area contributed by atoms with E-state index < -0.39 is 26.3 Å². The van der Waals surface area contributed by atoms with Gasteiger partial charge in [0, 0.05) is 0 Å². The molecule has 0 heterocycles. The van der Waals surface area contributed by atoms with Crippen molar-refractivity contribution in [1.82, 2.24) is 0 Å². The molecule has 4 saturated carbocycles. The lowest BCUT2D eigenvalue weighted by molar-refractivity contribution is -0.0732. The minimum Gasteiger partial charge on any atom is -0.390 e. The zero-order chi connectivity index (χ0) is 31.8. The molecule has 2 N–H and O–H groups in total. The molecule has 44 heavy (non-hydrogen) atoms. The Kier molecular flexibility index (Phi) is 8.35.